The molecule has 1 saturated heterocycles. The van der Waals surface area contributed by atoms with Gasteiger partial charge in [0, 0.05) is 18.2 Å². The molecule has 1 aliphatic heterocycles. The molecule has 0 aromatic heterocycles. The molecule has 1 fully saturated rings. The van der Waals surface area contributed by atoms with E-state index in [-0.39, 0.29) is 16.8 Å². The monoisotopic (exact) mass is 388 g/mol. The highest BCUT2D eigenvalue weighted by Crippen LogP contribution is 2.27. The maximum absolute atomic E-state index is 12.8. The molecule has 2 aromatic rings. The third-order valence-electron chi connectivity index (χ3n) is 4.81. The van der Waals surface area contributed by atoms with Crippen LogP contribution in [-0.4, -0.2) is 38.9 Å². The van der Waals surface area contributed by atoms with Crippen LogP contribution in [0.25, 0.3) is 0 Å². The van der Waals surface area contributed by atoms with Crippen molar-refractivity contribution in [2.75, 3.05) is 18.4 Å². The largest absolute Gasteiger partial charge is 0.495 e. The molecule has 3 rings (SSSR count). The minimum atomic E-state index is -3.85. The summed E-state index contributed by atoms with van der Waals surface area (Å²) in [6.45, 7) is 2.73. The molecule has 1 N–H and O–H groups in total. The lowest BCUT2D eigenvalue weighted by atomic mass is 10.0. The van der Waals surface area contributed by atoms with Gasteiger partial charge in [0.25, 0.3) is 15.9 Å². The number of ether oxygens (including phenoxy) is 1. The number of rotatable bonds is 5. The van der Waals surface area contributed by atoms with Crippen molar-refractivity contribution in [2.24, 2.45) is 0 Å². The molecule has 1 atom stereocenters. The zero-order valence-electron chi connectivity index (χ0n) is 15.5. The number of benzene rings is 2. The van der Waals surface area contributed by atoms with E-state index in [1.54, 1.807) is 36.4 Å². The van der Waals surface area contributed by atoms with Crippen LogP contribution in [0.2, 0.25) is 0 Å². The molecule has 0 radical (unpaired) electrons. The second-order valence-electron chi connectivity index (χ2n) is 6.68. The zero-order valence-corrected chi connectivity index (χ0v) is 16.3. The van der Waals surface area contributed by atoms with Crippen molar-refractivity contribution in [3.05, 3.63) is 54.1 Å². The number of amides is 1. The minimum Gasteiger partial charge on any atom is -0.495 e. The second kappa shape index (κ2) is 8.00. The third-order valence-corrected chi connectivity index (χ3v) is 6.17. The Morgan fingerprint density at radius 3 is 2.67 bits per heavy atom. The number of nitrogens with zero attached hydrogens (tertiary/aromatic N) is 1. The van der Waals surface area contributed by atoms with Crippen LogP contribution in [-0.2, 0) is 10.0 Å². The average Bonchev–Trinajstić information content (AvgIpc) is 2.68. The van der Waals surface area contributed by atoms with Gasteiger partial charge in [0.15, 0.2) is 0 Å². The van der Waals surface area contributed by atoms with Crippen LogP contribution in [0.1, 0.15) is 36.5 Å². The van der Waals surface area contributed by atoms with E-state index in [1.807, 2.05) is 11.8 Å². The summed E-state index contributed by atoms with van der Waals surface area (Å²) in [4.78, 5) is 14.7. The Morgan fingerprint density at radius 1 is 1.15 bits per heavy atom. The van der Waals surface area contributed by atoms with E-state index < -0.39 is 10.0 Å². The first kappa shape index (κ1) is 19.2. The molecule has 6 nitrogen and oxygen atoms in total. The maximum Gasteiger partial charge on any atom is 0.262 e. The van der Waals surface area contributed by atoms with Crippen molar-refractivity contribution in [1.29, 1.82) is 0 Å². The molecule has 1 unspecified atom stereocenters. The van der Waals surface area contributed by atoms with Gasteiger partial charge in [-0.15, -0.1) is 0 Å². The van der Waals surface area contributed by atoms with Gasteiger partial charge in [0.2, 0.25) is 0 Å². The number of anilines is 1. The number of hydrogen-bond acceptors (Lipinski definition) is 4. The summed E-state index contributed by atoms with van der Waals surface area (Å²) >= 11 is 0. The van der Waals surface area contributed by atoms with Crippen LogP contribution in [0.3, 0.4) is 0 Å². The Bertz CT molecular complexity index is 927. The van der Waals surface area contributed by atoms with Gasteiger partial charge in [0.1, 0.15) is 5.75 Å². The number of carbonyl (C=O) groups is 1. The second-order valence-corrected chi connectivity index (χ2v) is 8.36. The lowest BCUT2D eigenvalue weighted by Gasteiger charge is -2.33. The van der Waals surface area contributed by atoms with Gasteiger partial charge < -0.3 is 9.64 Å². The average molecular weight is 388 g/mol. The quantitative estimate of drug-likeness (QED) is 0.850. The Balaban J connectivity index is 1.86. The molecule has 1 aliphatic rings. The molecule has 1 amide bonds. The highest BCUT2D eigenvalue weighted by Gasteiger charge is 2.25. The Morgan fingerprint density at radius 2 is 1.93 bits per heavy atom. The highest BCUT2D eigenvalue weighted by molar-refractivity contribution is 7.92. The third kappa shape index (κ3) is 4.24. The van der Waals surface area contributed by atoms with E-state index in [0.717, 1.165) is 19.3 Å². The summed E-state index contributed by atoms with van der Waals surface area (Å²) in [5.74, 6) is 0.298. The van der Waals surface area contributed by atoms with Gasteiger partial charge >= 0.3 is 0 Å². The fourth-order valence-electron chi connectivity index (χ4n) is 3.29. The van der Waals surface area contributed by atoms with Gasteiger partial charge in [0.05, 0.1) is 17.7 Å². The van der Waals surface area contributed by atoms with Gasteiger partial charge in [-0.3, -0.25) is 9.52 Å². The van der Waals surface area contributed by atoms with Crippen molar-refractivity contribution in [3.63, 3.8) is 0 Å². The van der Waals surface area contributed by atoms with E-state index in [0.29, 0.717) is 23.5 Å². The summed E-state index contributed by atoms with van der Waals surface area (Å²) in [6.07, 6.45) is 3.06. The molecule has 0 bridgehead atoms. The summed E-state index contributed by atoms with van der Waals surface area (Å²) in [6, 6.07) is 13.1. The molecule has 0 spiro atoms. The van der Waals surface area contributed by atoms with Crippen LogP contribution < -0.4 is 9.46 Å². The molecule has 7 heteroatoms. The van der Waals surface area contributed by atoms with Gasteiger partial charge in [-0.2, -0.15) is 0 Å². The topological polar surface area (TPSA) is 75.7 Å². The van der Waals surface area contributed by atoms with Gasteiger partial charge in [-0.05, 0) is 56.5 Å². The highest BCUT2D eigenvalue weighted by atomic mass is 32.2. The van der Waals surface area contributed by atoms with E-state index >= 15 is 0 Å². The Hall–Kier alpha value is -2.54. The zero-order chi connectivity index (χ0) is 19.4. The molecule has 2 aromatic carbocycles. The number of methoxy groups -OCH3 is 1. The fourth-order valence-corrected chi connectivity index (χ4v) is 4.41. The van der Waals surface area contributed by atoms with E-state index in [4.69, 9.17) is 4.74 Å². The number of piperidine rings is 1. The summed E-state index contributed by atoms with van der Waals surface area (Å²) in [5, 5.41) is 0. The lowest BCUT2D eigenvalue weighted by molar-refractivity contribution is 0.0635. The van der Waals surface area contributed by atoms with Crippen molar-refractivity contribution in [1.82, 2.24) is 4.90 Å². The van der Waals surface area contributed by atoms with E-state index in [9.17, 15) is 13.2 Å². The standard InChI is InChI=1S/C20H24N2O4S/c1-15-8-5-6-13-22(15)20(23)16-9-7-10-17(14-16)27(24,25)21-18-11-3-4-12-19(18)26-2/h3-4,7,9-12,14-15,21H,5-6,8,13H2,1-2H3. The summed E-state index contributed by atoms with van der Waals surface area (Å²) in [7, 11) is -2.37. The summed E-state index contributed by atoms with van der Waals surface area (Å²) < 4.78 is 33.3. The normalized spacial score (nSPS) is 17.4. The van der Waals surface area contributed by atoms with Crippen molar-refractivity contribution >= 4 is 21.6 Å². The molecule has 27 heavy (non-hydrogen) atoms. The number of likely N-dealkylation sites (tertiary alicyclic amines) is 1. The van der Waals surface area contributed by atoms with Crippen LogP contribution in [0.15, 0.2) is 53.4 Å². The van der Waals surface area contributed by atoms with Crippen LogP contribution in [0, 0.1) is 0 Å². The Labute approximate surface area is 160 Å². The van der Waals surface area contributed by atoms with Gasteiger partial charge in [-0.25, -0.2) is 8.42 Å². The van der Waals surface area contributed by atoms with Gasteiger partial charge in [-0.1, -0.05) is 18.2 Å². The molecular formula is C20H24N2O4S. The SMILES string of the molecule is COc1ccccc1NS(=O)(=O)c1cccc(C(=O)N2CCCCC2C)c1. The predicted molar refractivity (Wildman–Crippen MR) is 105 cm³/mol. The molecule has 144 valence electrons. The molecule has 0 aliphatic carbocycles. The van der Waals surface area contributed by atoms with Crippen molar-refractivity contribution < 1.29 is 17.9 Å². The number of sulfonamides is 1. The first-order valence-corrected chi connectivity index (χ1v) is 10.5. The molecule has 0 saturated carbocycles. The van der Waals surface area contributed by atoms with E-state index in [2.05, 4.69) is 4.72 Å². The van der Waals surface area contributed by atoms with Crippen molar-refractivity contribution in [2.45, 2.75) is 37.1 Å². The van der Waals surface area contributed by atoms with Crippen LogP contribution in [0.5, 0.6) is 5.75 Å². The number of nitrogens with one attached hydrogen (secondary N) is 1. The van der Waals surface area contributed by atoms with Crippen LogP contribution in [0.4, 0.5) is 5.69 Å². The fraction of sp³-hybridized carbons (Fsp3) is 0.350. The van der Waals surface area contributed by atoms with Crippen LogP contribution >= 0.6 is 0 Å². The number of hydrogen-bond donors (Lipinski definition) is 1. The maximum atomic E-state index is 12.8. The number of para-hydroxylation sites is 2. The van der Waals surface area contributed by atoms with Crippen molar-refractivity contribution in [3.8, 4) is 5.75 Å². The number of carbonyl (C=O) groups excluding carboxylic acids is 1. The molecule has 1 heterocycles. The Kier molecular flexibility index (Phi) is 5.70. The predicted octanol–water partition coefficient (Wildman–Crippen LogP) is 3.51. The van der Waals surface area contributed by atoms with E-state index in [1.165, 1.54) is 19.2 Å². The molecular weight excluding hydrogens is 364 g/mol. The first-order valence-electron chi connectivity index (χ1n) is 8.99. The summed E-state index contributed by atoms with van der Waals surface area (Å²) in [5.41, 5.74) is 0.730. The smallest absolute Gasteiger partial charge is 0.262 e. The minimum absolute atomic E-state index is 0.0453. The lowest BCUT2D eigenvalue weighted by Crippen LogP contribution is -2.42. The first-order chi connectivity index (χ1) is 12.9.